The van der Waals surface area contributed by atoms with Crippen LogP contribution in [-0.2, 0) is 10.0 Å². The van der Waals surface area contributed by atoms with Crippen LogP contribution in [0.2, 0.25) is 10.0 Å². The summed E-state index contributed by atoms with van der Waals surface area (Å²) in [4.78, 5) is 16.6. The number of rotatable bonds is 4. The standard InChI is InChI=1S/C22H20Cl2N2O4S/c23-14-5-7-19(24)18(11-14)21-13-17(22(27)28)16-12-15(6-8-20(16)25-21)31(29,30)26-9-3-1-2-4-10-26/h5-8,11-13H,1-4,9-10H2,(H,27,28). The molecule has 31 heavy (non-hydrogen) atoms. The predicted octanol–water partition coefficient (Wildman–Crippen LogP) is 5.47. The van der Waals surface area contributed by atoms with E-state index in [2.05, 4.69) is 4.98 Å². The fourth-order valence-electron chi connectivity index (χ4n) is 3.81. The summed E-state index contributed by atoms with van der Waals surface area (Å²) < 4.78 is 27.8. The van der Waals surface area contributed by atoms with Crippen molar-refractivity contribution >= 4 is 50.1 Å². The van der Waals surface area contributed by atoms with Crippen molar-refractivity contribution in [3.8, 4) is 11.3 Å². The molecule has 0 radical (unpaired) electrons. The van der Waals surface area contributed by atoms with E-state index in [1.54, 1.807) is 18.2 Å². The normalized spacial score (nSPS) is 15.7. The first-order valence-electron chi connectivity index (χ1n) is 9.91. The number of carboxylic acids is 1. The second kappa shape index (κ2) is 8.74. The molecule has 4 rings (SSSR count). The van der Waals surface area contributed by atoms with Crippen LogP contribution in [0, 0.1) is 0 Å². The van der Waals surface area contributed by atoms with Gasteiger partial charge in [-0.15, -0.1) is 0 Å². The molecule has 3 aromatic rings. The molecule has 0 bridgehead atoms. The fourth-order valence-corrected chi connectivity index (χ4v) is 5.74. The zero-order valence-corrected chi connectivity index (χ0v) is 18.8. The first-order chi connectivity index (χ1) is 14.8. The molecule has 0 saturated carbocycles. The molecule has 0 unspecified atom stereocenters. The smallest absolute Gasteiger partial charge is 0.336 e. The number of carboxylic acid groups (broad SMARTS) is 1. The van der Waals surface area contributed by atoms with E-state index in [1.165, 1.54) is 28.6 Å². The number of fused-ring (bicyclic) bond motifs is 1. The number of sulfonamides is 1. The van der Waals surface area contributed by atoms with E-state index in [9.17, 15) is 18.3 Å². The Balaban J connectivity index is 1.86. The van der Waals surface area contributed by atoms with E-state index in [0.29, 0.717) is 39.9 Å². The van der Waals surface area contributed by atoms with Gasteiger partial charge in [-0.25, -0.2) is 18.2 Å². The van der Waals surface area contributed by atoms with Crippen molar-refractivity contribution in [1.82, 2.24) is 9.29 Å². The zero-order chi connectivity index (χ0) is 22.2. The van der Waals surface area contributed by atoms with Crippen molar-refractivity contribution in [3.05, 3.63) is 58.1 Å². The maximum atomic E-state index is 13.2. The Hall–Kier alpha value is -2.19. The molecule has 0 spiro atoms. The van der Waals surface area contributed by atoms with Gasteiger partial charge in [0.15, 0.2) is 0 Å². The third-order valence-electron chi connectivity index (χ3n) is 5.42. The van der Waals surface area contributed by atoms with Crippen LogP contribution in [0.5, 0.6) is 0 Å². The maximum absolute atomic E-state index is 13.2. The first kappa shape index (κ1) is 22.0. The van der Waals surface area contributed by atoms with Crippen molar-refractivity contribution in [2.24, 2.45) is 0 Å². The summed E-state index contributed by atoms with van der Waals surface area (Å²) in [5, 5.41) is 10.9. The van der Waals surface area contributed by atoms with E-state index in [0.717, 1.165) is 25.7 Å². The van der Waals surface area contributed by atoms with Gasteiger partial charge < -0.3 is 5.11 Å². The van der Waals surface area contributed by atoms with Crippen molar-refractivity contribution < 1.29 is 18.3 Å². The molecule has 6 nitrogen and oxygen atoms in total. The molecule has 1 saturated heterocycles. The third-order valence-corrected chi connectivity index (χ3v) is 7.88. The molecule has 1 fully saturated rings. The Morgan fingerprint density at radius 3 is 2.35 bits per heavy atom. The number of pyridine rings is 1. The van der Waals surface area contributed by atoms with Gasteiger partial charge in [0.25, 0.3) is 0 Å². The van der Waals surface area contributed by atoms with Crippen LogP contribution in [0.15, 0.2) is 47.4 Å². The largest absolute Gasteiger partial charge is 0.478 e. The van der Waals surface area contributed by atoms with Gasteiger partial charge in [-0.1, -0.05) is 36.0 Å². The zero-order valence-electron chi connectivity index (χ0n) is 16.5. The molecule has 0 amide bonds. The highest BCUT2D eigenvalue weighted by Gasteiger charge is 2.26. The quantitative estimate of drug-likeness (QED) is 0.536. The number of hydrogen-bond donors (Lipinski definition) is 1. The van der Waals surface area contributed by atoms with Crippen LogP contribution in [0.3, 0.4) is 0 Å². The lowest BCUT2D eigenvalue weighted by molar-refractivity contribution is 0.0699. The van der Waals surface area contributed by atoms with Gasteiger partial charge in [0.05, 0.1) is 26.7 Å². The van der Waals surface area contributed by atoms with Gasteiger partial charge in [0.1, 0.15) is 0 Å². The Morgan fingerprint density at radius 2 is 1.68 bits per heavy atom. The monoisotopic (exact) mass is 478 g/mol. The average molecular weight is 479 g/mol. The number of aromatic nitrogens is 1. The lowest BCUT2D eigenvalue weighted by Gasteiger charge is -2.20. The second-order valence-corrected chi connectivity index (χ2v) is 10.3. The van der Waals surface area contributed by atoms with Crippen LogP contribution >= 0.6 is 23.2 Å². The van der Waals surface area contributed by atoms with Gasteiger partial charge in [-0.3, -0.25) is 0 Å². The summed E-state index contributed by atoms with van der Waals surface area (Å²) in [5.41, 5.74) is 1.16. The van der Waals surface area contributed by atoms with Crippen LogP contribution in [0.1, 0.15) is 36.0 Å². The Labute approximate surface area is 190 Å². The number of halogens is 2. The molecule has 0 atom stereocenters. The summed E-state index contributed by atoms with van der Waals surface area (Å²) in [7, 11) is -3.72. The summed E-state index contributed by atoms with van der Waals surface area (Å²) in [5.74, 6) is -1.18. The summed E-state index contributed by atoms with van der Waals surface area (Å²) >= 11 is 12.3. The van der Waals surface area contributed by atoms with Crippen LogP contribution < -0.4 is 0 Å². The summed E-state index contributed by atoms with van der Waals surface area (Å²) in [6, 6.07) is 10.7. The van der Waals surface area contributed by atoms with Crippen LogP contribution in [0.4, 0.5) is 0 Å². The molecule has 9 heteroatoms. The Kier molecular flexibility index (Phi) is 6.21. The lowest BCUT2D eigenvalue weighted by Crippen LogP contribution is -2.31. The van der Waals surface area contributed by atoms with E-state index in [4.69, 9.17) is 23.2 Å². The summed E-state index contributed by atoms with van der Waals surface area (Å²) in [6.07, 6.45) is 3.65. The molecule has 1 aromatic heterocycles. The molecule has 2 heterocycles. The van der Waals surface area contributed by atoms with Crippen LogP contribution in [0.25, 0.3) is 22.2 Å². The van der Waals surface area contributed by atoms with Crippen molar-refractivity contribution in [2.45, 2.75) is 30.6 Å². The molecule has 1 aliphatic heterocycles. The Morgan fingerprint density at radius 1 is 0.968 bits per heavy atom. The third kappa shape index (κ3) is 4.41. The van der Waals surface area contributed by atoms with Crippen LogP contribution in [-0.4, -0.2) is 41.9 Å². The van der Waals surface area contributed by atoms with E-state index < -0.39 is 16.0 Å². The Bertz CT molecular complexity index is 1270. The van der Waals surface area contributed by atoms with Gasteiger partial charge in [-0.2, -0.15) is 4.31 Å². The lowest BCUT2D eigenvalue weighted by atomic mass is 10.0. The fraction of sp³-hybridized carbons (Fsp3) is 0.273. The minimum atomic E-state index is -3.72. The SMILES string of the molecule is O=C(O)c1cc(-c2cc(Cl)ccc2Cl)nc2ccc(S(=O)(=O)N3CCCCCC3)cc12. The predicted molar refractivity (Wildman–Crippen MR) is 121 cm³/mol. The maximum Gasteiger partial charge on any atom is 0.336 e. The minimum absolute atomic E-state index is 0.0519. The number of nitrogens with zero attached hydrogens (tertiary/aromatic N) is 2. The van der Waals surface area contributed by atoms with E-state index in [1.807, 2.05) is 0 Å². The van der Waals surface area contributed by atoms with Gasteiger partial charge in [0, 0.05) is 29.1 Å². The minimum Gasteiger partial charge on any atom is -0.478 e. The molecule has 2 aromatic carbocycles. The molecular weight excluding hydrogens is 459 g/mol. The summed E-state index contributed by atoms with van der Waals surface area (Å²) in [6.45, 7) is 0.938. The average Bonchev–Trinajstić information content (AvgIpc) is 3.04. The first-order valence-corrected chi connectivity index (χ1v) is 12.1. The molecule has 1 aliphatic rings. The highest BCUT2D eigenvalue weighted by Crippen LogP contribution is 2.33. The van der Waals surface area contributed by atoms with Gasteiger partial charge >= 0.3 is 5.97 Å². The number of benzene rings is 2. The van der Waals surface area contributed by atoms with Crippen molar-refractivity contribution in [3.63, 3.8) is 0 Å². The number of aromatic carboxylic acids is 1. The van der Waals surface area contributed by atoms with Gasteiger partial charge in [0.2, 0.25) is 10.0 Å². The molecular formula is C22H20Cl2N2O4S. The highest BCUT2D eigenvalue weighted by molar-refractivity contribution is 7.89. The highest BCUT2D eigenvalue weighted by atomic mass is 35.5. The van der Waals surface area contributed by atoms with E-state index >= 15 is 0 Å². The van der Waals surface area contributed by atoms with Crippen molar-refractivity contribution in [1.29, 1.82) is 0 Å². The topological polar surface area (TPSA) is 87.6 Å². The number of hydrogen-bond acceptors (Lipinski definition) is 4. The number of carbonyl (C=O) groups is 1. The molecule has 162 valence electrons. The molecule has 0 aliphatic carbocycles. The van der Waals surface area contributed by atoms with Crippen molar-refractivity contribution in [2.75, 3.05) is 13.1 Å². The second-order valence-electron chi connectivity index (χ2n) is 7.48. The van der Waals surface area contributed by atoms with Gasteiger partial charge in [-0.05, 0) is 55.3 Å². The molecule has 1 N–H and O–H groups in total. The van der Waals surface area contributed by atoms with E-state index in [-0.39, 0.29) is 15.8 Å².